The fraction of sp³-hybridized carbons (Fsp3) is 0. The maximum Gasteiger partial charge on any atom is 0.0972 e. The van der Waals surface area contributed by atoms with Gasteiger partial charge in [-0.1, -0.05) is 243 Å². The highest BCUT2D eigenvalue weighted by atomic mass is 14.8. The minimum Gasteiger partial charge on any atom is -0.254 e. The Bertz CT molecular complexity index is 7000. The van der Waals surface area contributed by atoms with Gasteiger partial charge in [0.05, 0.1) is 72.6 Å². The molecule has 0 atom stereocenters. The lowest BCUT2D eigenvalue weighted by Gasteiger charge is -2.12. The molecule has 0 N–H and O–H groups in total. The average molecular weight is 1320 g/mol. The lowest BCUT2D eigenvalue weighted by molar-refractivity contribution is 1.36. The normalized spacial score (nSPS) is 11.7. The molecule has 8 heterocycles. The third-order valence-electron chi connectivity index (χ3n) is 20.4. The van der Waals surface area contributed by atoms with Crippen LogP contribution < -0.4 is 0 Å². The van der Waals surface area contributed by atoms with Crippen molar-refractivity contribution in [2.75, 3.05) is 0 Å². The molecule has 0 aliphatic heterocycles. The lowest BCUT2D eigenvalue weighted by atomic mass is 9.93. The Labute approximate surface area is 597 Å². The highest BCUT2D eigenvalue weighted by Gasteiger charge is 2.16. The van der Waals surface area contributed by atoms with Crippen LogP contribution in [0.5, 0.6) is 0 Å². The van der Waals surface area contributed by atoms with E-state index >= 15 is 0 Å². The summed E-state index contributed by atoms with van der Waals surface area (Å²) in [7, 11) is 0. The van der Waals surface area contributed by atoms with Gasteiger partial charge in [-0.25, -0.2) is 24.9 Å². The Morgan fingerprint density at radius 3 is 1.07 bits per heavy atom. The molecule has 0 bridgehead atoms. The molecule has 13 aromatic carbocycles. The Kier molecular flexibility index (Phi) is 14.4. The molecule has 482 valence electrons. The van der Waals surface area contributed by atoms with Crippen LogP contribution in [0.15, 0.2) is 352 Å². The SMILES string of the molecule is c1ccc(-c2ccc3cc(-c4ccc5ccc(-c6ccc(-c7ccnc8c7ccc7cccnc78)cc6)nc5c4)ccc3n2)cc1.c1cnc2c(c1)ccc1ccc(-c3ccc(-c4ccc5ccc(-c6ccc7nc(-c8ccc9c%10ccccc%10c%10ccccc%10c9c8)ccc7c6)cc5n4)cc3)nc12. The molecule has 0 unspecified atom stereocenters. The molecule has 0 amide bonds. The predicted molar refractivity (Wildman–Crippen MR) is 431 cm³/mol. The first-order valence-corrected chi connectivity index (χ1v) is 35.0. The molecular formula is C96H58N8. The quantitative estimate of drug-likeness (QED) is 0.139. The third kappa shape index (κ3) is 10.8. The molecule has 21 rings (SSSR count). The van der Waals surface area contributed by atoms with Crippen LogP contribution >= 0.6 is 0 Å². The number of fused-ring (bicyclic) bond motifs is 16. The Morgan fingerprint density at radius 2 is 0.510 bits per heavy atom. The van der Waals surface area contributed by atoms with Crippen LogP contribution in [-0.2, 0) is 0 Å². The number of pyridine rings is 8. The van der Waals surface area contributed by atoms with Crippen molar-refractivity contribution in [3.8, 4) is 89.7 Å². The van der Waals surface area contributed by atoms with Crippen molar-refractivity contribution >= 4 is 120 Å². The standard InChI is InChI=1S/C54H32N4.C42H26N4/c1-2-9-44-42(7-1)43-8-3-4-10-45(43)47-31-41(19-24-46(44)47)51-28-23-40-30-38(22-27-50(40)56-51)39-18-15-35-20-25-48(57-52(35)32-39)33-11-13-34(14-12-33)49-26-21-37-17-16-36-6-5-29-55-53(36)54(37)58-49;1-2-5-28(6-3-1)37-21-17-34-25-32(16-20-39(34)45-37)33-13-12-30-15-19-38(46-40(30)26-33)29-10-8-27(9-11-29)35-22-24-44-42-36(35)18-14-31-7-4-23-43-41(31)42/h1-32H;1-26H. The summed E-state index contributed by atoms with van der Waals surface area (Å²) in [5.41, 5.74) is 24.6. The van der Waals surface area contributed by atoms with E-state index in [0.29, 0.717) is 0 Å². The van der Waals surface area contributed by atoms with E-state index in [2.05, 4.69) is 318 Å². The number of hydrogen-bond donors (Lipinski definition) is 0. The van der Waals surface area contributed by atoms with Gasteiger partial charge >= 0.3 is 0 Å². The number of nitrogens with zero attached hydrogens (tertiary/aromatic N) is 8. The number of hydrogen-bond acceptors (Lipinski definition) is 8. The zero-order chi connectivity index (χ0) is 68.6. The first-order chi connectivity index (χ1) is 51.5. The Balaban J connectivity index is 0.000000142. The highest BCUT2D eigenvalue weighted by Crippen LogP contribution is 2.40. The monoisotopic (exact) mass is 1320 g/mol. The van der Waals surface area contributed by atoms with Crippen molar-refractivity contribution in [3.63, 3.8) is 0 Å². The molecule has 0 saturated heterocycles. The summed E-state index contributed by atoms with van der Waals surface area (Å²) in [6.45, 7) is 0. The van der Waals surface area contributed by atoms with Crippen molar-refractivity contribution < 1.29 is 0 Å². The second kappa shape index (κ2) is 25.0. The molecular weight excluding hydrogens is 1270 g/mol. The zero-order valence-corrected chi connectivity index (χ0v) is 56.1. The Morgan fingerprint density at radius 1 is 0.154 bits per heavy atom. The van der Waals surface area contributed by atoms with Crippen molar-refractivity contribution in [1.29, 1.82) is 0 Å². The van der Waals surface area contributed by atoms with E-state index in [4.69, 9.17) is 24.9 Å². The fourth-order valence-electron chi connectivity index (χ4n) is 15.0. The molecule has 8 nitrogen and oxygen atoms in total. The second-order valence-electron chi connectivity index (χ2n) is 26.6. The van der Waals surface area contributed by atoms with Crippen molar-refractivity contribution in [2.45, 2.75) is 0 Å². The van der Waals surface area contributed by atoms with Crippen LogP contribution in [-0.4, -0.2) is 39.9 Å². The van der Waals surface area contributed by atoms with Gasteiger partial charge in [-0.2, -0.15) is 0 Å². The minimum absolute atomic E-state index is 0.919. The summed E-state index contributed by atoms with van der Waals surface area (Å²) in [5, 5.41) is 16.4. The summed E-state index contributed by atoms with van der Waals surface area (Å²) in [4.78, 5) is 39.2. The van der Waals surface area contributed by atoms with Crippen LogP contribution in [0.1, 0.15) is 0 Å². The molecule has 0 spiro atoms. The van der Waals surface area contributed by atoms with E-state index in [1.54, 1.807) is 0 Å². The molecule has 0 aliphatic carbocycles. The fourth-order valence-corrected chi connectivity index (χ4v) is 15.0. The smallest absolute Gasteiger partial charge is 0.0972 e. The van der Waals surface area contributed by atoms with Crippen LogP contribution in [0, 0.1) is 0 Å². The summed E-state index contributed by atoms with van der Waals surface area (Å²) >= 11 is 0. The van der Waals surface area contributed by atoms with E-state index in [0.717, 1.165) is 177 Å². The van der Waals surface area contributed by atoms with Gasteiger partial charge in [0, 0.05) is 89.5 Å². The van der Waals surface area contributed by atoms with Gasteiger partial charge in [-0.05, 0) is 157 Å². The predicted octanol–water partition coefficient (Wildman–Crippen LogP) is 24.6. The second-order valence-corrected chi connectivity index (χ2v) is 26.6. The van der Waals surface area contributed by atoms with E-state index < -0.39 is 0 Å². The van der Waals surface area contributed by atoms with Gasteiger partial charge in [0.15, 0.2) is 0 Å². The van der Waals surface area contributed by atoms with Crippen molar-refractivity contribution in [3.05, 3.63) is 352 Å². The molecule has 104 heavy (non-hydrogen) atoms. The van der Waals surface area contributed by atoms with Gasteiger partial charge in [0.1, 0.15) is 0 Å². The van der Waals surface area contributed by atoms with E-state index in [1.807, 2.05) is 48.9 Å². The maximum absolute atomic E-state index is 5.16. The Hall–Kier alpha value is -14.1. The zero-order valence-electron chi connectivity index (χ0n) is 56.1. The summed E-state index contributed by atoms with van der Waals surface area (Å²) in [6.07, 6.45) is 5.52. The van der Waals surface area contributed by atoms with E-state index in [1.165, 1.54) is 32.3 Å². The lowest BCUT2D eigenvalue weighted by Crippen LogP contribution is -1.90. The van der Waals surface area contributed by atoms with Gasteiger partial charge in [0.2, 0.25) is 0 Å². The molecule has 0 aliphatic rings. The first-order valence-electron chi connectivity index (χ1n) is 35.0. The molecule has 8 heteroatoms. The van der Waals surface area contributed by atoms with Crippen molar-refractivity contribution in [1.82, 2.24) is 39.9 Å². The van der Waals surface area contributed by atoms with Crippen LogP contribution in [0.25, 0.3) is 209 Å². The number of benzene rings is 13. The minimum atomic E-state index is 0.919. The maximum atomic E-state index is 5.16. The number of rotatable bonds is 8. The summed E-state index contributed by atoms with van der Waals surface area (Å²) in [6, 6.07) is 118. The first kappa shape index (κ1) is 59.9. The van der Waals surface area contributed by atoms with Crippen LogP contribution in [0.3, 0.4) is 0 Å². The van der Waals surface area contributed by atoms with E-state index in [9.17, 15) is 0 Å². The van der Waals surface area contributed by atoms with Gasteiger partial charge in [-0.15, -0.1) is 0 Å². The van der Waals surface area contributed by atoms with Gasteiger partial charge < -0.3 is 0 Å². The topological polar surface area (TPSA) is 103 Å². The molecule has 8 aromatic heterocycles. The van der Waals surface area contributed by atoms with Crippen LogP contribution in [0.2, 0.25) is 0 Å². The molecule has 21 aromatic rings. The molecule has 0 radical (unpaired) electrons. The van der Waals surface area contributed by atoms with Crippen LogP contribution in [0.4, 0.5) is 0 Å². The largest absolute Gasteiger partial charge is 0.254 e. The summed E-state index contributed by atoms with van der Waals surface area (Å²) in [5.74, 6) is 0. The average Bonchev–Trinajstić information content (AvgIpc) is 0.539. The van der Waals surface area contributed by atoms with Gasteiger partial charge in [0.25, 0.3) is 0 Å². The van der Waals surface area contributed by atoms with Crippen molar-refractivity contribution in [2.24, 2.45) is 0 Å². The third-order valence-corrected chi connectivity index (χ3v) is 20.4. The summed E-state index contributed by atoms with van der Waals surface area (Å²) < 4.78 is 0. The molecule has 0 fully saturated rings. The number of aromatic nitrogens is 8. The van der Waals surface area contributed by atoms with Gasteiger partial charge in [-0.3, -0.25) is 15.0 Å². The highest BCUT2D eigenvalue weighted by molar-refractivity contribution is 6.26. The van der Waals surface area contributed by atoms with E-state index in [-0.39, 0.29) is 0 Å². The molecule has 0 saturated carbocycles.